The van der Waals surface area contributed by atoms with Gasteiger partial charge in [0, 0.05) is 6.61 Å². The summed E-state index contributed by atoms with van der Waals surface area (Å²) in [5.74, 6) is -0.419. The van der Waals surface area contributed by atoms with Crippen LogP contribution in [0.3, 0.4) is 0 Å². The molecule has 0 rings (SSSR count). The van der Waals surface area contributed by atoms with Gasteiger partial charge >= 0.3 is 5.97 Å². The van der Waals surface area contributed by atoms with Crippen LogP contribution in [-0.2, 0) is 9.22 Å². The second-order valence-electron chi connectivity index (χ2n) is 8.31. The van der Waals surface area contributed by atoms with Crippen molar-refractivity contribution in [2.24, 2.45) is 11.3 Å². The van der Waals surface area contributed by atoms with Gasteiger partial charge in [0.05, 0.1) is 5.41 Å². The maximum atomic E-state index is 11.2. The Hall–Kier alpha value is -0.353. The summed E-state index contributed by atoms with van der Waals surface area (Å²) in [6.45, 7) is 6.75. The second-order valence-corrected chi connectivity index (χ2v) is 8.88. The Morgan fingerprint density at radius 2 is 1.20 bits per heavy atom. The fourth-order valence-corrected chi connectivity index (χ4v) is 3.50. The molecule has 3 nitrogen and oxygen atoms in total. The first kappa shape index (κ1) is 24.6. The van der Waals surface area contributed by atoms with Gasteiger partial charge < -0.3 is 9.53 Å². The molecule has 0 aliphatic rings. The van der Waals surface area contributed by atoms with Crippen molar-refractivity contribution in [1.82, 2.24) is 0 Å². The quantitative estimate of drug-likeness (QED) is 0.255. The van der Waals surface area contributed by atoms with Gasteiger partial charge in [0.1, 0.15) is 10.5 Å². The van der Waals surface area contributed by atoms with Crippen molar-refractivity contribution >= 4 is 16.5 Å². The smallest absolute Gasteiger partial charge is 0.309 e. The molecular weight excluding hydrogens is 328 g/mol. The number of aliphatic carboxylic acids is 1. The van der Waals surface area contributed by atoms with E-state index in [2.05, 4.69) is 6.92 Å². The Morgan fingerprint density at radius 3 is 1.56 bits per heavy atom. The van der Waals surface area contributed by atoms with Crippen molar-refractivity contribution in [1.29, 1.82) is 0 Å². The number of hydrogen-bond acceptors (Lipinski definition) is 2. The molecule has 1 N–H and O–H groups in total. The minimum atomic E-state index is -0.670. The Bertz CT molecular complexity index is 318. The third-order valence-corrected chi connectivity index (χ3v) is 6.18. The lowest BCUT2D eigenvalue weighted by molar-refractivity contribution is -0.149. The number of hydrogen-bond donors (Lipinski definition) is 1. The molecule has 0 amide bonds. The molecule has 0 aromatic heterocycles. The maximum Gasteiger partial charge on any atom is 0.309 e. The van der Waals surface area contributed by atoms with E-state index in [4.69, 9.17) is 4.43 Å². The summed E-state index contributed by atoms with van der Waals surface area (Å²) in [5, 5.41) is 9.23. The van der Waals surface area contributed by atoms with Gasteiger partial charge in [-0.3, -0.25) is 4.79 Å². The number of carboxylic acids is 1. The molecule has 0 spiro atoms. The number of carbonyl (C=O) groups is 1. The van der Waals surface area contributed by atoms with Crippen LogP contribution in [0.4, 0.5) is 0 Å². The van der Waals surface area contributed by atoms with Crippen molar-refractivity contribution in [3.8, 4) is 0 Å². The van der Waals surface area contributed by atoms with Crippen LogP contribution in [0.15, 0.2) is 0 Å². The maximum absolute atomic E-state index is 11.2. The minimum Gasteiger partial charge on any atom is -0.481 e. The Labute approximate surface area is 159 Å². The highest BCUT2D eigenvalue weighted by Gasteiger charge is 2.33. The molecule has 0 fully saturated rings. The zero-order valence-corrected chi connectivity index (χ0v) is 19.4. The van der Waals surface area contributed by atoms with Gasteiger partial charge in [-0.25, -0.2) is 0 Å². The monoisotopic (exact) mass is 372 g/mol. The first-order chi connectivity index (χ1) is 11.9. The molecule has 0 bridgehead atoms. The third kappa shape index (κ3) is 13.5. The van der Waals surface area contributed by atoms with Gasteiger partial charge in [-0.1, -0.05) is 84.0 Å². The van der Waals surface area contributed by atoms with Gasteiger partial charge in [0.15, 0.2) is 0 Å². The Morgan fingerprint density at radius 1 is 0.840 bits per heavy atom. The van der Waals surface area contributed by atoms with E-state index in [1.54, 1.807) is 0 Å². The van der Waals surface area contributed by atoms with E-state index >= 15 is 0 Å². The van der Waals surface area contributed by atoms with Crippen LogP contribution in [0.2, 0.25) is 0 Å². The van der Waals surface area contributed by atoms with Crippen LogP contribution >= 0.6 is 0 Å². The first-order valence-corrected chi connectivity index (χ1v) is 11.5. The van der Waals surface area contributed by atoms with E-state index in [1.165, 1.54) is 83.5 Å². The summed E-state index contributed by atoms with van der Waals surface area (Å²) in [7, 11) is 0.885. The molecule has 1 atom stereocenters. The van der Waals surface area contributed by atoms with Crippen LogP contribution < -0.4 is 0 Å². The lowest BCUT2D eigenvalue weighted by Gasteiger charge is -2.27. The van der Waals surface area contributed by atoms with Gasteiger partial charge in [-0.05, 0) is 32.6 Å². The Balaban J connectivity index is 3.28. The highest BCUT2D eigenvalue weighted by Crippen LogP contribution is 2.31. The molecule has 0 aliphatic carbocycles. The molecule has 1 unspecified atom stereocenters. The van der Waals surface area contributed by atoms with Crippen LogP contribution in [0, 0.1) is 11.3 Å². The Kier molecular flexibility index (Phi) is 15.6. The summed E-state index contributed by atoms with van der Waals surface area (Å²) in [5.41, 5.74) is -0.592. The number of rotatable bonds is 18. The van der Waals surface area contributed by atoms with E-state index in [9.17, 15) is 9.90 Å². The lowest BCUT2D eigenvalue weighted by Crippen LogP contribution is -2.31. The summed E-state index contributed by atoms with van der Waals surface area (Å²) in [4.78, 5) is 11.2. The third-order valence-electron chi connectivity index (χ3n) is 5.77. The molecule has 4 heteroatoms. The average Bonchev–Trinajstić information content (AvgIpc) is 2.57. The average molecular weight is 373 g/mol. The molecule has 25 heavy (non-hydrogen) atoms. The van der Waals surface area contributed by atoms with E-state index < -0.39 is 11.4 Å². The molecule has 0 heterocycles. The van der Waals surface area contributed by atoms with Crippen molar-refractivity contribution in [2.75, 3.05) is 6.61 Å². The van der Waals surface area contributed by atoms with Crippen LogP contribution in [0.1, 0.15) is 111 Å². The van der Waals surface area contributed by atoms with Crippen molar-refractivity contribution < 1.29 is 14.3 Å². The number of unbranched alkanes of at least 4 members (excludes halogenated alkanes) is 12. The number of carboxylic acid groups (broad SMARTS) is 1. The summed E-state index contributed by atoms with van der Waals surface area (Å²) in [6, 6.07) is 0. The molecule has 0 aromatic rings. The van der Waals surface area contributed by atoms with Crippen molar-refractivity contribution in [3.63, 3.8) is 0 Å². The molecule has 0 radical (unpaired) electrons. The van der Waals surface area contributed by atoms with Gasteiger partial charge in [-0.15, -0.1) is 0 Å². The van der Waals surface area contributed by atoms with E-state index in [0.29, 0.717) is 0 Å². The topological polar surface area (TPSA) is 46.5 Å². The highest BCUT2D eigenvalue weighted by atomic mass is 28.2. The SMILES string of the molecule is CC(CCCCCCCCCCCCCCCO[SiH3])C(C)(C)C(=O)O. The van der Waals surface area contributed by atoms with Gasteiger partial charge in [0.25, 0.3) is 0 Å². The van der Waals surface area contributed by atoms with Gasteiger partial charge in [-0.2, -0.15) is 0 Å². The minimum absolute atomic E-state index is 0.251. The summed E-state index contributed by atoms with van der Waals surface area (Å²) in [6.07, 6.45) is 18.4. The van der Waals surface area contributed by atoms with Crippen molar-refractivity contribution in [3.05, 3.63) is 0 Å². The summed E-state index contributed by atoms with van der Waals surface area (Å²) >= 11 is 0. The van der Waals surface area contributed by atoms with Crippen LogP contribution in [0.5, 0.6) is 0 Å². The standard InChI is InChI=1S/C21H44O3Si/c1-19(21(2,3)20(22)23)17-15-13-11-9-7-5-4-6-8-10-12-14-16-18-24-25/h19H,4-18H2,1-3,25H3,(H,22,23). The molecule has 0 saturated heterocycles. The predicted molar refractivity (Wildman–Crippen MR) is 111 cm³/mol. The fraction of sp³-hybridized carbons (Fsp3) is 0.952. The largest absolute Gasteiger partial charge is 0.481 e. The molecular formula is C21H44O3Si. The van der Waals surface area contributed by atoms with E-state index in [0.717, 1.165) is 23.5 Å². The zero-order chi connectivity index (χ0) is 19.0. The first-order valence-electron chi connectivity index (χ1n) is 10.6. The predicted octanol–water partition coefficient (Wildman–Crippen LogP) is 5.49. The second kappa shape index (κ2) is 15.9. The zero-order valence-electron chi connectivity index (χ0n) is 17.4. The lowest BCUT2D eigenvalue weighted by atomic mass is 9.77. The normalized spacial score (nSPS) is 13.2. The molecule has 0 aliphatic heterocycles. The molecule has 0 saturated carbocycles. The molecule has 0 aromatic carbocycles. The van der Waals surface area contributed by atoms with Gasteiger partial charge in [0.2, 0.25) is 0 Å². The highest BCUT2D eigenvalue weighted by molar-refractivity contribution is 5.97. The van der Waals surface area contributed by atoms with E-state index in [-0.39, 0.29) is 5.92 Å². The fourth-order valence-electron chi connectivity index (χ4n) is 3.21. The van der Waals surface area contributed by atoms with Crippen LogP contribution in [0.25, 0.3) is 0 Å². The molecule has 150 valence electrons. The van der Waals surface area contributed by atoms with E-state index in [1.807, 2.05) is 13.8 Å². The van der Waals surface area contributed by atoms with Crippen LogP contribution in [-0.4, -0.2) is 28.2 Å². The summed E-state index contributed by atoms with van der Waals surface area (Å²) < 4.78 is 5.20. The van der Waals surface area contributed by atoms with Crippen molar-refractivity contribution in [2.45, 2.75) is 111 Å².